The fraction of sp³-hybridized carbons (Fsp3) is 0.467. The van der Waals surface area contributed by atoms with E-state index in [1.54, 1.807) is 18.2 Å². The lowest BCUT2D eigenvalue weighted by molar-refractivity contribution is -0.162. The van der Waals surface area contributed by atoms with Gasteiger partial charge in [-0.1, -0.05) is 11.6 Å². The number of anilines is 1. The van der Waals surface area contributed by atoms with Gasteiger partial charge in [0.15, 0.2) is 12.2 Å². The Balaban J connectivity index is 1.90. The summed E-state index contributed by atoms with van der Waals surface area (Å²) in [6, 6.07) is 4.85. The van der Waals surface area contributed by atoms with Crippen LogP contribution in [0.5, 0.6) is 5.75 Å². The third-order valence-electron chi connectivity index (χ3n) is 3.27. The summed E-state index contributed by atoms with van der Waals surface area (Å²) < 4.78 is 15.4. The van der Waals surface area contributed by atoms with Crippen molar-refractivity contribution in [3.8, 4) is 5.75 Å². The quantitative estimate of drug-likeness (QED) is 0.841. The maximum Gasteiger partial charge on any atom is 0.336 e. The highest BCUT2D eigenvalue weighted by Crippen LogP contribution is 2.27. The standard InChI is InChI=1S/C15H18ClNO5/c1-9(22-15(19)13-4-3-7-21-13)14(18)17-10-5-6-12(20-2)11(16)8-10/h5-6,8-9,13H,3-4,7H2,1-2H3,(H,17,18)/t9-,13-/m0/s1. The fourth-order valence-corrected chi connectivity index (χ4v) is 2.31. The highest BCUT2D eigenvalue weighted by Gasteiger charge is 2.28. The smallest absolute Gasteiger partial charge is 0.336 e. The maximum absolute atomic E-state index is 12.0. The molecule has 0 unspecified atom stereocenters. The molecule has 0 bridgehead atoms. The molecule has 0 radical (unpaired) electrons. The molecule has 0 aromatic heterocycles. The van der Waals surface area contributed by atoms with Crippen molar-refractivity contribution >= 4 is 29.2 Å². The number of carbonyl (C=O) groups excluding carboxylic acids is 2. The summed E-state index contributed by atoms with van der Waals surface area (Å²) in [5.74, 6) is -0.432. The molecule has 1 saturated heterocycles. The van der Waals surface area contributed by atoms with Gasteiger partial charge in [0.1, 0.15) is 5.75 Å². The number of nitrogens with one attached hydrogen (secondary N) is 1. The van der Waals surface area contributed by atoms with Crippen molar-refractivity contribution < 1.29 is 23.8 Å². The third-order valence-corrected chi connectivity index (χ3v) is 3.57. The van der Waals surface area contributed by atoms with Gasteiger partial charge in [-0.05, 0) is 38.0 Å². The van der Waals surface area contributed by atoms with Gasteiger partial charge in [0.2, 0.25) is 0 Å². The molecule has 6 nitrogen and oxygen atoms in total. The Hall–Kier alpha value is -1.79. The van der Waals surface area contributed by atoms with Gasteiger partial charge in [0.25, 0.3) is 5.91 Å². The van der Waals surface area contributed by atoms with Crippen molar-refractivity contribution in [3.05, 3.63) is 23.2 Å². The molecule has 1 aromatic rings. The Morgan fingerprint density at radius 2 is 2.23 bits per heavy atom. The van der Waals surface area contributed by atoms with Crippen LogP contribution in [0.3, 0.4) is 0 Å². The van der Waals surface area contributed by atoms with Crippen LogP contribution in [0.25, 0.3) is 0 Å². The predicted octanol–water partition coefficient (Wildman–Crippen LogP) is 2.40. The molecule has 120 valence electrons. The number of esters is 1. The van der Waals surface area contributed by atoms with E-state index in [0.29, 0.717) is 29.5 Å². The first kappa shape index (κ1) is 16.6. The number of carbonyl (C=O) groups is 2. The lowest BCUT2D eigenvalue weighted by atomic mass is 10.2. The van der Waals surface area contributed by atoms with Gasteiger partial charge >= 0.3 is 5.97 Å². The van der Waals surface area contributed by atoms with Gasteiger partial charge in [-0.25, -0.2) is 4.79 Å². The second-order valence-corrected chi connectivity index (χ2v) is 5.33. The largest absolute Gasteiger partial charge is 0.495 e. The van der Waals surface area contributed by atoms with E-state index < -0.39 is 24.1 Å². The Bertz CT molecular complexity index is 557. The summed E-state index contributed by atoms with van der Waals surface area (Å²) in [5, 5.41) is 3.01. The van der Waals surface area contributed by atoms with Crippen LogP contribution in [-0.2, 0) is 19.1 Å². The van der Waals surface area contributed by atoms with E-state index >= 15 is 0 Å². The molecule has 1 N–H and O–H groups in total. The molecule has 1 amide bonds. The summed E-state index contributed by atoms with van der Waals surface area (Å²) in [6.07, 6.45) is -0.0327. The van der Waals surface area contributed by atoms with Crippen molar-refractivity contribution in [2.45, 2.75) is 32.0 Å². The first-order chi connectivity index (χ1) is 10.5. The Morgan fingerprint density at radius 3 is 2.82 bits per heavy atom. The van der Waals surface area contributed by atoms with E-state index in [-0.39, 0.29) is 0 Å². The molecule has 1 aliphatic heterocycles. The Morgan fingerprint density at radius 1 is 1.45 bits per heavy atom. The first-order valence-electron chi connectivity index (χ1n) is 6.97. The number of methoxy groups -OCH3 is 1. The van der Waals surface area contributed by atoms with Gasteiger partial charge in [-0.2, -0.15) is 0 Å². The van der Waals surface area contributed by atoms with E-state index in [4.69, 9.17) is 25.8 Å². The second-order valence-electron chi connectivity index (χ2n) is 4.92. The molecule has 1 fully saturated rings. The number of benzene rings is 1. The molecule has 0 aliphatic carbocycles. The van der Waals surface area contributed by atoms with Crippen molar-refractivity contribution in [1.82, 2.24) is 0 Å². The molecule has 1 heterocycles. The molecule has 2 atom stereocenters. The lowest BCUT2D eigenvalue weighted by Gasteiger charge is -2.16. The van der Waals surface area contributed by atoms with E-state index in [9.17, 15) is 9.59 Å². The maximum atomic E-state index is 12.0. The zero-order valence-corrected chi connectivity index (χ0v) is 13.2. The van der Waals surface area contributed by atoms with Crippen molar-refractivity contribution in [2.24, 2.45) is 0 Å². The molecular weight excluding hydrogens is 310 g/mol. The van der Waals surface area contributed by atoms with Crippen LogP contribution in [0.1, 0.15) is 19.8 Å². The first-order valence-corrected chi connectivity index (χ1v) is 7.35. The predicted molar refractivity (Wildman–Crippen MR) is 81.2 cm³/mol. The Labute approximate surface area is 133 Å². The van der Waals surface area contributed by atoms with E-state index in [1.807, 2.05) is 0 Å². The number of amides is 1. The molecule has 1 aliphatic rings. The lowest BCUT2D eigenvalue weighted by Crippen LogP contribution is -2.33. The number of halogens is 1. The summed E-state index contributed by atoms with van der Waals surface area (Å²) >= 11 is 5.98. The summed E-state index contributed by atoms with van der Waals surface area (Å²) in [6.45, 7) is 2.05. The van der Waals surface area contributed by atoms with Gasteiger partial charge in [0, 0.05) is 12.3 Å². The van der Waals surface area contributed by atoms with Crippen LogP contribution < -0.4 is 10.1 Å². The van der Waals surface area contributed by atoms with Gasteiger partial charge < -0.3 is 19.5 Å². The normalized spacial score (nSPS) is 18.6. The number of hydrogen-bond donors (Lipinski definition) is 1. The van der Waals surface area contributed by atoms with Crippen LogP contribution >= 0.6 is 11.6 Å². The van der Waals surface area contributed by atoms with E-state index in [0.717, 1.165) is 6.42 Å². The van der Waals surface area contributed by atoms with Crippen molar-refractivity contribution in [3.63, 3.8) is 0 Å². The Kier molecular flexibility index (Phi) is 5.63. The number of rotatable bonds is 5. The number of hydrogen-bond acceptors (Lipinski definition) is 5. The van der Waals surface area contributed by atoms with Crippen molar-refractivity contribution in [1.29, 1.82) is 0 Å². The molecule has 0 saturated carbocycles. The second kappa shape index (κ2) is 7.47. The highest BCUT2D eigenvalue weighted by molar-refractivity contribution is 6.32. The van der Waals surface area contributed by atoms with E-state index in [2.05, 4.69) is 5.32 Å². The van der Waals surface area contributed by atoms with Crippen LogP contribution in [0.2, 0.25) is 5.02 Å². The summed E-state index contributed by atoms with van der Waals surface area (Å²) in [4.78, 5) is 23.8. The molecule has 7 heteroatoms. The average molecular weight is 328 g/mol. The average Bonchev–Trinajstić information content (AvgIpc) is 3.01. The highest BCUT2D eigenvalue weighted by atomic mass is 35.5. The third kappa shape index (κ3) is 4.11. The topological polar surface area (TPSA) is 73.9 Å². The summed E-state index contributed by atoms with van der Waals surface area (Å²) in [5.41, 5.74) is 0.496. The zero-order chi connectivity index (χ0) is 16.1. The van der Waals surface area contributed by atoms with Gasteiger partial charge in [-0.15, -0.1) is 0 Å². The van der Waals surface area contributed by atoms with Crippen LogP contribution in [0, 0.1) is 0 Å². The minimum absolute atomic E-state index is 0.379. The molecule has 22 heavy (non-hydrogen) atoms. The molecular formula is C15H18ClNO5. The minimum Gasteiger partial charge on any atom is -0.495 e. The summed E-state index contributed by atoms with van der Waals surface area (Å²) in [7, 11) is 1.51. The minimum atomic E-state index is -0.919. The van der Waals surface area contributed by atoms with Crippen LogP contribution in [0.4, 0.5) is 5.69 Å². The van der Waals surface area contributed by atoms with Crippen molar-refractivity contribution in [2.75, 3.05) is 19.0 Å². The zero-order valence-electron chi connectivity index (χ0n) is 12.4. The molecule has 1 aromatic carbocycles. The molecule has 2 rings (SSSR count). The SMILES string of the molecule is COc1ccc(NC(=O)[C@H](C)OC(=O)[C@@H]2CCCO2)cc1Cl. The van der Waals surface area contributed by atoms with Gasteiger partial charge in [-0.3, -0.25) is 4.79 Å². The van der Waals surface area contributed by atoms with Gasteiger partial charge in [0.05, 0.1) is 12.1 Å². The number of ether oxygens (including phenoxy) is 3. The fourth-order valence-electron chi connectivity index (χ4n) is 2.06. The monoisotopic (exact) mass is 327 g/mol. The molecule has 0 spiro atoms. The van der Waals surface area contributed by atoms with E-state index in [1.165, 1.54) is 14.0 Å². The van der Waals surface area contributed by atoms with Crippen LogP contribution in [0.15, 0.2) is 18.2 Å². The van der Waals surface area contributed by atoms with Crippen LogP contribution in [-0.4, -0.2) is 37.8 Å².